The van der Waals surface area contributed by atoms with Crippen LogP contribution in [-0.4, -0.2) is 51.4 Å². The molecule has 2 atom stereocenters. The molecule has 2 saturated heterocycles. The van der Waals surface area contributed by atoms with E-state index in [1.165, 1.54) is 12.4 Å². The fourth-order valence-electron chi connectivity index (χ4n) is 4.68. The van der Waals surface area contributed by atoms with Gasteiger partial charge in [0.25, 0.3) is 5.91 Å². The van der Waals surface area contributed by atoms with Crippen molar-refractivity contribution in [1.82, 2.24) is 25.2 Å². The van der Waals surface area contributed by atoms with Gasteiger partial charge in [0.1, 0.15) is 18.0 Å². The van der Waals surface area contributed by atoms with Gasteiger partial charge in [-0.1, -0.05) is 24.8 Å². The number of nitrogens with one attached hydrogen (secondary N) is 1. The van der Waals surface area contributed by atoms with Gasteiger partial charge in [-0.25, -0.2) is 19.3 Å². The predicted molar refractivity (Wildman–Crippen MR) is 127 cm³/mol. The molecule has 0 spiro atoms. The van der Waals surface area contributed by atoms with E-state index in [4.69, 9.17) is 5.73 Å². The van der Waals surface area contributed by atoms with Crippen LogP contribution in [0.15, 0.2) is 42.9 Å². The number of nitrogens with zero attached hydrogens (tertiary/aromatic N) is 4. The number of carbonyl (C=O) groups excluding carboxylic acids is 1. The van der Waals surface area contributed by atoms with E-state index in [0.29, 0.717) is 59.7 Å². The fourth-order valence-corrected chi connectivity index (χ4v) is 4.68. The van der Waals surface area contributed by atoms with Crippen LogP contribution in [0, 0.1) is 23.6 Å². The number of pyridine rings is 1. The summed E-state index contributed by atoms with van der Waals surface area (Å²) in [5.74, 6) is 6.24. The molecule has 2 aliphatic rings. The van der Waals surface area contributed by atoms with Crippen molar-refractivity contribution in [3.05, 3.63) is 71.1 Å². The highest BCUT2D eigenvalue weighted by Gasteiger charge is 2.38. The molecular weight excluding hydrogens is 431 g/mol. The van der Waals surface area contributed by atoms with Crippen LogP contribution < -0.4 is 11.1 Å². The maximum atomic E-state index is 15.2. The molecule has 2 aliphatic heterocycles. The first-order valence-corrected chi connectivity index (χ1v) is 11.4. The summed E-state index contributed by atoms with van der Waals surface area (Å²) in [7, 11) is 0. The molecule has 5 rings (SSSR count). The molecule has 1 aromatic carbocycles. The first-order chi connectivity index (χ1) is 16.5. The third-order valence-corrected chi connectivity index (χ3v) is 6.50. The molecule has 8 heteroatoms. The number of aromatic nitrogens is 3. The maximum Gasteiger partial charge on any atom is 0.256 e. The number of benzene rings is 1. The number of nitrogens with two attached hydrogens (primary N) is 1. The Morgan fingerprint density at radius 3 is 2.82 bits per heavy atom. The van der Waals surface area contributed by atoms with Crippen LogP contribution in [0.3, 0.4) is 0 Å². The average Bonchev–Trinajstić information content (AvgIpc) is 3.46. The summed E-state index contributed by atoms with van der Waals surface area (Å²) in [5.41, 5.74) is 8.88. The van der Waals surface area contributed by atoms with Gasteiger partial charge >= 0.3 is 0 Å². The number of likely N-dealkylation sites (tertiary alicyclic amines) is 1. The van der Waals surface area contributed by atoms with Crippen molar-refractivity contribution in [3.63, 3.8) is 0 Å². The number of rotatable bonds is 3. The second-order valence-corrected chi connectivity index (χ2v) is 8.63. The van der Waals surface area contributed by atoms with Crippen LogP contribution in [0.2, 0.25) is 0 Å². The van der Waals surface area contributed by atoms with E-state index in [2.05, 4.69) is 32.1 Å². The molecule has 2 unspecified atom stereocenters. The quantitative estimate of drug-likeness (QED) is 0.588. The molecule has 172 valence electrons. The Hall–Kier alpha value is -3.83. The monoisotopic (exact) mass is 456 g/mol. The van der Waals surface area contributed by atoms with Crippen LogP contribution in [0.4, 0.5) is 10.2 Å². The minimum atomic E-state index is -0.564. The highest BCUT2D eigenvalue weighted by molar-refractivity contribution is 5.95. The van der Waals surface area contributed by atoms with Crippen molar-refractivity contribution in [2.45, 2.75) is 25.8 Å². The molecule has 0 saturated carbocycles. The van der Waals surface area contributed by atoms with E-state index in [-0.39, 0.29) is 11.5 Å². The van der Waals surface area contributed by atoms with E-state index in [1.807, 2.05) is 6.92 Å². The Morgan fingerprint density at radius 1 is 1.21 bits per heavy atom. The molecule has 1 amide bonds. The number of nitrogen functional groups attached to an aromatic ring is 1. The molecule has 0 radical (unpaired) electrons. The molecule has 0 bridgehead atoms. The second-order valence-electron chi connectivity index (χ2n) is 8.63. The summed E-state index contributed by atoms with van der Waals surface area (Å²) in [5, 5.41) is 3.42. The molecule has 2 aromatic heterocycles. The molecule has 34 heavy (non-hydrogen) atoms. The largest absolute Gasteiger partial charge is 0.384 e. The van der Waals surface area contributed by atoms with Crippen molar-refractivity contribution in [2.24, 2.45) is 5.92 Å². The van der Waals surface area contributed by atoms with Gasteiger partial charge in [-0.15, -0.1) is 0 Å². The number of fused-ring (bicyclic) bond motifs is 1. The number of aryl methyl sites for hydroxylation is 1. The predicted octanol–water partition coefficient (Wildman–Crippen LogP) is 2.66. The highest BCUT2D eigenvalue weighted by atomic mass is 19.1. The van der Waals surface area contributed by atoms with Gasteiger partial charge in [0.2, 0.25) is 0 Å². The number of amides is 1. The maximum absolute atomic E-state index is 15.2. The fraction of sp³-hybridized carbons (Fsp3) is 0.308. The Kier molecular flexibility index (Phi) is 5.95. The second kappa shape index (κ2) is 9.20. The zero-order valence-electron chi connectivity index (χ0n) is 18.9. The lowest BCUT2D eigenvalue weighted by molar-refractivity contribution is 0.0778. The molecule has 4 heterocycles. The normalized spacial score (nSPS) is 18.9. The van der Waals surface area contributed by atoms with Crippen molar-refractivity contribution < 1.29 is 9.18 Å². The van der Waals surface area contributed by atoms with Gasteiger partial charge in [0.05, 0.1) is 22.5 Å². The summed E-state index contributed by atoms with van der Waals surface area (Å²) >= 11 is 0. The van der Waals surface area contributed by atoms with Crippen LogP contribution in [-0.2, 0) is 6.42 Å². The first-order valence-electron chi connectivity index (χ1n) is 11.4. The Morgan fingerprint density at radius 2 is 2.09 bits per heavy atom. The highest BCUT2D eigenvalue weighted by Crippen LogP contribution is 2.28. The Balaban J connectivity index is 1.45. The third kappa shape index (κ3) is 4.22. The number of hydrogen-bond donors (Lipinski definition) is 2. The van der Waals surface area contributed by atoms with E-state index < -0.39 is 5.82 Å². The van der Waals surface area contributed by atoms with Gasteiger partial charge in [-0.3, -0.25) is 4.79 Å². The first kappa shape index (κ1) is 22.0. The minimum absolute atomic E-state index is 0.0778. The SMILES string of the molecule is CCc1ncnc(-c2ccc(C(=O)N3CC4CCNC4C3)c(F)c2)c1C#Cc1ccc(N)nc1. The molecule has 0 aliphatic carbocycles. The average molecular weight is 457 g/mol. The van der Waals surface area contributed by atoms with Crippen molar-refractivity contribution in [2.75, 3.05) is 25.4 Å². The van der Waals surface area contributed by atoms with Crippen LogP contribution in [0.1, 0.15) is 40.5 Å². The zero-order chi connectivity index (χ0) is 23.7. The van der Waals surface area contributed by atoms with Gasteiger partial charge in [-0.05, 0) is 49.6 Å². The van der Waals surface area contributed by atoms with Crippen LogP contribution in [0.25, 0.3) is 11.3 Å². The van der Waals surface area contributed by atoms with E-state index in [1.54, 1.807) is 35.4 Å². The van der Waals surface area contributed by atoms with Gasteiger partial charge in [0, 0.05) is 36.5 Å². The van der Waals surface area contributed by atoms with Crippen molar-refractivity contribution >= 4 is 11.7 Å². The number of hydrogen-bond acceptors (Lipinski definition) is 6. The lowest BCUT2D eigenvalue weighted by atomic mass is 10.0. The van der Waals surface area contributed by atoms with E-state index in [0.717, 1.165) is 18.7 Å². The Labute approximate surface area is 197 Å². The van der Waals surface area contributed by atoms with E-state index >= 15 is 4.39 Å². The van der Waals surface area contributed by atoms with E-state index in [9.17, 15) is 4.79 Å². The molecule has 7 nitrogen and oxygen atoms in total. The minimum Gasteiger partial charge on any atom is -0.384 e. The zero-order valence-corrected chi connectivity index (χ0v) is 18.9. The van der Waals surface area contributed by atoms with Crippen LogP contribution >= 0.6 is 0 Å². The molecule has 2 fully saturated rings. The molecular formula is C26H25FN6O. The number of halogens is 1. The van der Waals surface area contributed by atoms with Crippen molar-refractivity contribution in [1.29, 1.82) is 0 Å². The number of anilines is 1. The molecule has 3 N–H and O–H groups in total. The smallest absolute Gasteiger partial charge is 0.256 e. The summed E-state index contributed by atoms with van der Waals surface area (Å²) < 4.78 is 15.2. The van der Waals surface area contributed by atoms with Gasteiger partial charge < -0.3 is 16.0 Å². The summed E-state index contributed by atoms with van der Waals surface area (Å²) in [4.78, 5) is 27.5. The summed E-state index contributed by atoms with van der Waals surface area (Å²) in [6.07, 6.45) is 4.75. The lowest BCUT2D eigenvalue weighted by Crippen LogP contribution is -2.34. The van der Waals surface area contributed by atoms with Gasteiger partial charge in [0.15, 0.2) is 0 Å². The third-order valence-electron chi connectivity index (χ3n) is 6.50. The van der Waals surface area contributed by atoms with Gasteiger partial charge in [-0.2, -0.15) is 0 Å². The van der Waals surface area contributed by atoms with Crippen LogP contribution in [0.5, 0.6) is 0 Å². The topological polar surface area (TPSA) is 97.0 Å². The molecule has 3 aromatic rings. The lowest BCUT2D eigenvalue weighted by Gasteiger charge is -2.18. The summed E-state index contributed by atoms with van der Waals surface area (Å²) in [6, 6.07) is 8.42. The summed E-state index contributed by atoms with van der Waals surface area (Å²) in [6.45, 7) is 4.25. The standard InChI is InChI=1S/C26H25FN6O/c1-2-22-20(6-3-16-4-8-24(28)30-12-16)25(32-15-31-22)17-5-7-19(21(27)11-17)26(34)33-13-18-9-10-29-23(18)14-33/h4-5,7-8,11-12,15,18,23,29H,2,9-10,13-14H2,1H3,(H2,28,30). The van der Waals surface area contributed by atoms with Crippen molar-refractivity contribution in [3.8, 4) is 23.1 Å². The Bertz CT molecular complexity index is 1280. The number of carbonyl (C=O) groups is 1.